The van der Waals surface area contributed by atoms with Crippen molar-refractivity contribution >= 4 is 61.8 Å². The lowest BCUT2D eigenvalue weighted by Crippen LogP contribution is -2.02. The average Bonchev–Trinajstić information content (AvgIpc) is 2.95. The first-order valence-electron chi connectivity index (χ1n) is 6.39. The van der Waals surface area contributed by atoms with Crippen LogP contribution in [0.25, 0.3) is 10.2 Å². The number of fused-ring (bicyclic) bond motifs is 1. The molecule has 23 heavy (non-hydrogen) atoms. The van der Waals surface area contributed by atoms with Crippen LogP contribution in [-0.2, 0) is 0 Å². The number of non-ortho nitro benzene ring substituents is 1. The van der Waals surface area contributed by atoms with Crippen molar-refractivity contribution in [2.24, 2.45) is 0 Å². The van der Waals surface area contributed by atoms with E-state index in [1.54, 1.807) is 11.3 Å². The van der Waals surface area contributed by atoms with Gasteiger partial charge in [-0.2, -0.15) is 0 Å². The number of Topliss-reactive ketones (excluding diaryl/α,β-unsaturated/α-hetero) is 1. The molecule has 0 unspecified atom stereocenters. The molecular formula is C15H11BrN2O3S2. The number of benzene rings is 2. The van der Waals surface area contributed by atoms with Crippen molar-refractivity contribution in [2.45, 2.75) is 4.34 Å². The topological polar surface area (TPSA) is 73.1 Å². The largest absolute Gasteiger partial charge is 0.293 e. The molecule has 118 valence electrons. The van der Waals surface area contributed by atoms with Crippen molar-refractivity contribution in [3.63, 3.8) is 0 Å². The Morgan fingerprint density at radius 1 is 1.17 bits per heavy atom. The van der Waals surface area contributed by atoms with E-state index in [9.17, 15) is 14.9 Å². The maximum atomic E-state index is 12.1. The van der Waals surface area contributed by atoms with Gasteiger partial charge in [-0.3, -0.25) is 14.9 Å². The fourth-order valence-electron chi connectivity index (χ4n) is 1.89. The zero-order valence-electron chi connectivity index (χ0n) is 11.7. The Hall–Kier alpha value is -1.77. The predicted molar refractivity (Wildman–Crippen MR) is 98.1 cm³/mol. The van der Waals surface area contributed by atoms with Crippen molar-refractivity contribution in [2.75, 3.05) is 5.75 Å². The minimum absolute atomic E-state index is 0. The van der Waals surface area contributed by atoms with Crippen LogP contribution in [-0.4, -0.2) is 21.4 Å². The molecular weight excluding hydrogens is 400 g/mol. The Balaban J connectivity index is 0.00000192. The van der Waals surface area contributed by atoms with E-state index in [0.717, 1.165) is 14.6 Å². The molecule has 0 atom stereocenters. The number of hydrogen-bond donors (Lipinski definition) is 0. The lowest BCUT2D eigenvalue weighted by Gasteiger charge is -1.99. The predicted octanol–water partition coefficient (Wildman–Crippen LogP) is 4.76. The third kappa shape index (κ3) is 4.15. The molecule has 0 spiro atoms. The Morgan fingerprint density at radius 3 is 2.52 bits per heavy atom. The molecule has 0 radical (unpaired) electrons. The molecule has 0 amide bonds. The molecule has 3 aromatic rings. The van der Waals surface area contributed by atoms with Gasteiger partial charge in [0, 0.05) is 17.7 Å². The van der Waals surface area contributed by atoms with Gasteiger partial charge in [0.25, 0.3) is 5.69 Å². The number of nitro groups is 1. The van der Waals surface area contributed by atoms with E-state index in [0.29, 0.717) is 5.56 Å². The summed E-state index contributed by atoms with van der Waals surface area (Å²) in [5.41, 5.74) is 1.38. The molecule has 0 N–H and O–H groups in total. The highest BCUT2D eigenvalue weighted by Gasteiger charge is 2.11. The Kier molecular flexibility index (Phi) is 5.86. The van der Waals surface area contributed by atoms with Gasteiger partial charge in [-0.05, 0) is 24.3 Å². The summed E-state index contributed by atoms with van der Waals surface area (Å²) in [6.45, 7) is 0. The molecule has 1 heterocycles. The highest BCUT2D eigenvalue weighted by Crippen LogP contribution is 2.29. The third-order valence-corrected chi connectivity index (χ3v) is 5.18. The van der Waals surface area contributed by atoms with Crippen LogP contribution in [0.3, 0.4) is 0 Å². The first kappa shape index (κ1) is 17.6. The SMILES string of the molecule is Br.O=C(CSc1nc2ccccc2s1)c1ccc([N+](=O)[O-])cc1. The number of carbonyl (C=O) groups is 1. The van der Waals surface area contributed by atoms with Gasteiger partial charge < -0.3 is 0 Å². The van der Waals surface area contributed by atoms with Crippen LogP contribution in [0.2, 0.25) is 0 Å². The summed E-state index contributed by atoms with van der Waals surface area (Å²) in [6, 6.07) is 13.5. The summed E-state index contributed by atoms with van der Waals surface area (Å²) in [7, 11) is 0. The number of rotatable bonds is 5. The van der Waals surface area contributed by atoms with E-state index < -0.39 is 4.92 Å². The maximum absolute atomic E-state index is 12.1. The van der Waals surface area contributed by atoms with Gasteiger partial charge in [0.05, 0.1) is 20.9 Å². The second-order valence-corrected chi connectivity index (χ2v) is 6.72. The monoisotopic (exact) mass is 410 g/mol. The minimum atomic E-state index is -0.482. The molecule has 8 heteroatoms. The third-order valence-electron chi connectivity index (χ3n) is 3.00. The molecule has 3 rings (SSSR count). The maximum Gasteiger partial charge on any atom is 0.269 e. The number of hydrogen-bond acceptors (Lipinski definition) is 6. The summed E-state index contributed by atoms with van der Waals surface area (Å²) in [6.07, 6.45) is 0. The van der Waals surface area contributed by atoms with Crippen molar-refractivity contribution < 1.29 is 9.72 Å². The van der Waals surface area contributed by atoms with Crippen LogP contribution < -0.4 is 0 Å². The van der Waals surface area contributed by atoms with Crippen LogP contribution in [0.1, 0.15) is 10.4 Å². The fourth-order valence-corrected chi connectivity index (χ4v) is 3.86. The lowest BCUT2D eigenvalue weighted by atomic mass is 10.1. The standard InChI is InChI=1S/C15H10N2O3S2.BrH/c18-13(10-5-7-11(8-6-10)17(19)20)9-21-15-16-12-3-1-2-4-14(12)22-15;/h1-8H,9H2;1H. The van der Waals surface area contributed by atoms with Crippen molar-refractivity contribution in [1.82, 2.24) is 4.98 Å². The molecule has 0 saturated carbocycles. The summed E-state index contributed by atoms with van der Waals surface area (Å²) >= 11 is 2.93. The first-order chi connectivity index (χ1) is 10.6. The zero-order valence-corrected chi connectivity index (χ0v) is 15.0. The Morgan fingerprint density at radius 2 is 1.87 bits per heavy atom. The molecule has 2 aromatic carbocycles. The highest BCUT2D eigenvalue weighted by atomic mass is 79.9. The number of nitro benzene ring substituents is 1. The summed E-state index contributed by atoms with van der Waals surface area (Å²) in [5, 5.41) is 10.6. The number of carbonyl (C=O) groups excluding carboxylic acids is 1. The van der Waals surface area contributed by atoms with Gasteiger partial charge in [-0.1, -0.05) is 23.9 Å². The van der Waals surface area contributed by atoms with E-state index in [4.69, 9.17) is 0 Å². The van der Waals surface area contributed by atoms with E-state index >= 15 is 0 Å². The molecule has 0 fully saturated rings. The molecule has 1 aromatic heterocycles. The van der Waals surface area contributed by atoms with Crippen LogP contribution in [0.4, 0.5) is 5.69 Å². The smallest absolute Gasteiger partial charge is 0.269 e. The van der Waals surface area contributed by atoms with Crippen LogP contribution in [0, 0.1) is 10.1 Å². The first-order valence-corrected chi connectivity index (χ1v) is 8.20. The normalized spacial score (nSPS) is 10.3. The van der Waals surface area contributed by atoms with Gasteiger partial charge >= 0.3 is 0 Å². The average molecular weight is 411 g/mol. The summed E-state index contributed by atoms with van der Waals surface area (Å²) in [4.78, 5) is 26.7. The Bertz CT molecular complexity index is 816. The molecule has 5 nitrogen and oxygen atoms in total. The number of halogens is 1. The van der Waals surface area contributed by atoms with Crippen molar-refractivity contribution in [3.05, 3.63) is 64.2 Å². The van der Waals surface area contributed by atoms with Crippen molar-refractivity contribution in [3.8, 4) is 0 Å². The van der Waals surface area contributed by atoms with Gasteiger partial charge in [-0.25, -0.2) is 4.98 Å². The number of aromatic nitrogens is 1. The minimum Gasteiger partial charge on any atom is -0.293 e. The van der Waals surface area contributed by atoms with Gasteiger partial charge in [0.1, 0.15) is 0 Å². The highest BCUT2D eigenvalue weighted by molar-refractivity contribution is 8.93. The second kappa shape index (κ2) is 7.67. The van der Waals surface area contributed by atoms with Gasteiger partial charge in [-0.15, -0.1) is 28.3 Å². The molecule has 0 aliphatic rings. The number of ketones is 1. The number of thiazole rings is 1. The molecule has 0 aliphatic heterocycles. The lowest BCUT2D eigenvalue weighted by molar-refractivity contribution is -0.384. The van der Waals surface area contributed by atoms with Crippen LogP contribution >= 0.6 is 40.1 Å². The number of para-hydroxylation sites is 1. The van der Waals surface area contributed by atoms with Crippen molar-refractivity contribution in [1.29, 1.82) is 0 Å². The van der Waals surface area contributed by atoms with Crippen LogP contribution in [0.5, 0.6) is 0 Å². The van der Waals surface area contributed by atoms with Gasteiger partial charge in [0.15, 0.2) is 10.1 Å². The molecule has 0 aliphatic carbocycles. The Labute approximate surface area is 150 Å². The molecule has 0 saturated heterocycles. The number of thioether (sulfide) groups is 1. The summed E-state index contributed by atoms with van der Waals surface area (Å²) < 4.78 is 1.93. The fraction of sp³-hybridized carbons (Fsp3) is 0.0667. The van der Waals surface area contributed by atoms with Gasteiger partial charge in [0.2, 0.25) is 0 Å². The zero-order chi connectivity index (χ0) is 15.5. The summed E-state index contributed by atoms with van der Waals surface area (Å²) in [5.74, 6) is 0.191. The van der Waals surface area contributed by atoms with E-state index in [1.807, 2.05) is 24.3 Å². The second-order valence-electron chi connectivity index (χ2n) is 4.46. The molecule has 0 bridgehead atoms. The quantitative estimate of drug-likeness (QED) is 0.262. The van der Waals surface area contributed by atoms with E-state index in [1.165, 1.54) is 36.0 Å². The van der Waals surface area contributed by atoms with E-state index in [-0.39, 0.29) is 34.2 Å². The van der Waals surface area contributed by atoms with Crippen LogP contribution in [0.15, 0.2) is 52.9 Å². The number of nitrogens with zero attached hydrogens (tertiary/aromatic N) is 2. The van der Waals surface area contributed by atoms with E-state index in [2.05, 4.69) is 4.98 Å².